The molecule has 5 heteroatoms. The van der Waals surface area contributed by atoms with Crippen LogP contribution in [-0.4, -0.2) is 24.2 Å². The van der Waals surface area contributed by atoms with Crippen molar-refractivity contribution < 1.29 is 14.3 Å². The first-order chi connectivity index (χ1) is 12.5. The van der Waals surface area contributed by atoms with Crippen LogP contribution in [0.2, 0.25) is 0 Å². The molecule has 2 rings (SSSR count). The molecule has 1 atom stereocenters. The molecular formula is C21H25NO3S. The third-order valence-electron chi connectivity index (χ3n) is 3.98. The highest BCUT2D eigenvalue weighted by atomic mass is 32.2. The van der Waals surface area contributed by atoms with Crippen molar-refractivity contribution in [3.63, 3.8) is 0 Å². The van der Waals surface area contributed by atoms with Gasteiger partial charge in [-0.15, -0.1) is 11.8 Å². The summed E-state index contributed by atoms with van der Waals surface area (Å²) in [6, 6.07) is 16.7. The van der Waals surface area contributed by atoms with E-state index in [1.54, 1.807) is 11.8 Å². The molecule has 2 aromatic rings. The van der Waals surface area contributed by atoms with Gasteiger partial charge < -0.3 is 10.1 Å². The van der Waals surface area contributed by atoms with Crippen LogP contribution in [0, 0.1) is 5.92 Å². The van der Waals surface area contributed by atoms with E-state index in [0.29, 0.717) is 0 Å². The van der Waals surface area contributed by atoms with Gasteiger partial charge in [-0.3, -0.25) is 4.79 Å². The molecule has 4 nitrogen and oxygen atoms in total. The van der Waals surface area contributed by atoms with E-state index < -0.39 is 12.0 Å². The molecule has 0 fully saturated rings. The fourth-order valence-corrected chi connectivity index (χ4v) is 2.88. The number of hydrogen-bond acceptors (Lipinski definition) is 4. The fourth-order valence-electron chi connectivity index (χ4n) is 2.47. The number of thioether (sulfide) groups is 1. The van der Waals surface area contributed by atoms with Gasteiger partial charge in [0.1, 0.15) is 12.6 Å². The first-order valence-electron chi connectivity index (χ1n) is 8.62. The van der Waals surface area contributed by atoms with E-state index in [-0.39, 0.29) is 24.9 Å². The molecule has 0 saturated carbocycles. The molecule has 0 bridgehead atoms. The third kappa shape index (κ3) is 6.23. The van der Waals surface area contributed by atoms with Crippen LogP contribution in [0.5, 0.6) is 0 Å². The van der Waals surface area contributed by atoms with Crippen molar-refractivity contribution in [2.45, 2.75) is 37.8 Å². The Kier molecular flexibility index (Phi) is 7.73. The zero-order chi connectivity index (χ0) is 18.9. The third-order valence-corrected chi connectivity index (χ3v) is 4.73. The van der Waals surface area contributed by atoms with E-state index in [1.165, 1.54) is 0 Å². The number of benzene rings is 2. The zero-order valence-corrected chi connectivity index (χ0v) is 16.2. The maximum Gasteiger partial charge on any atom is 0.329 e. The molecule has 0 radical (unpaired) electrons. The highest BCUT2D eigenvalue weighted by Crippen LogP contribution is 2.15. The average Bonchev–Trinajstić information content (AvgIpc) is 2.65. The molecule has 0 saturated heterocycles. The van der Waals surface area contributed by atoms with E-state index in [0.717, 1.165) is 16.0 Å². The number of rotatable bonds is 8. The number of carbonyl (C=O) groups is 2. The van der Waals surface area contributed by atoms with E-state index in [2.05, 4.69) is 5.32 Å². The summed E-state index contributed by atoms with van der Waals surface area (Å²) in [5.41, 5.74) is 1.84. The molecule has 0 aromatic heterocycles. The van der Waals surface area contributed by atoms with E-state index in [1.807, 2.05) is 74.7 Å². The standard InChI is InChI=1S/C21H25NO3S/c1-15(2)20(22-19(23)13-16-7-5-4-6-8-16)21(24)25-14-17-9-11-18(26-3)12-10-17/h4-12,15,20H,13-14H2,1-3H3,(H,22,23)/t20-/m0/s1. The number of ether oxygens (including phenoxy) is 1. The van der Waals surface area contributed by atoms with Gasteiger partial charge in [0.15, 0.2) is 0 Å². The summed E-state index contributed by atoms with van der Waals surface area (Å²) < 4.78 is 5.42. The largest absolute Gasteiger partial charge is 0.459 e. The minimum Gasteiger partial charge on any atom is -0.459 e. The van der Waals surface area contributed by atoms with Gasteiger partial charge in [-0.1, -0.05) is 56.3 Å². The molecular weight excluding hydrogens is 346 g/mol. The lowest BCUT2D eigenvalue weighted by Gasteiger charge is -2.21. The highest BCUT2D eigenvalue weighted by Gasteiger charge is 2.25. The van der Waals surface area contributed by atoms with Gasteiger partial charge in [0.25, 0.3) is 0 Å². The van der Waals surface area contributed by atoms with Gasteiger partial charge in [0.2, 0.25) is 5.91 Å². The lowest BCUT2D eigenvalue weighted by atomic mass is 10.0. The Balaban J connectivity index is 1.90. The van der Waals surface area contributed by atoms with Crippen LogP contribution < -0.4 is 5.32 Å². The first-order valence-corrected chi connectivity index (χ1v) is 9.85. The van der Waals surface area contributed by atoms with Crippen LogP contribution in [0.3, 0.4) is 0 Å². The van der Waals surface area contributed by atoms with Gasteiger partial charge in [0.05, 0.1) is 6.42 Å². The molecule has 2 aromatic carbocycles. The lowest BCUT2D eigenvalue weighted by molar-refractivity contribution is -0.150. The van der Waals surface area contributed by atoms with Crippen molar-refractivity contribution in [1.82, 2.24) is 5.32 Å². The Morgan fingerprint density at radius 3 is 2.23 bits per heavy atom. The SMILES string of the molecule is CSc1ccc(COC(=O)[C@@H](NC(=O)Cc2ccccc2)C(C)C)cc1. The lowest BCUT2D eigenvalue weighted by Crippen LogP contribution is -2.45. The summed E-state index contributed by atoms with van der Waals surface area (Å²) in [7, 11) is 0. The molecule has 0 heterocycles. The molecule has 0 aliphatic carbocycles. The molecule has 26 heavy (non-hydrogen) atoms. The van der Waals surface area contributed by atoms with Crippen LogP contribution in [0.15, 0.2) is 59.5 Å². The Labute approximate surface area is 159 Å². The van der Waals surface area contributed by atoms with Crippen molar-refractivity contribution in [2.75, 3.05) is 6.26 Å². The predicted octanol–water partition coefficient (Wildman–Crippen LogP) is 3.84. The molecule has 0 spiro atoms. The van der Waals surface area contributed by atoms with Crippen molar-refractivity contribution in [1.29, 1.82) is 0 Å². The normalized spacial score (nSPS) is 11.8. The van der Waals surface area contributed by atoms with Crippen LogP contribution in [0.25, 0.3) is 0 Å². The topological polar surface area (TPSA) is 55.4 Å². The monoisotopic (exact) mass is 371 g/mol. The number of esters is 1. The minimum atomic E-state index is -0.656. The number of amides is 1. The Bertz CT molecular complexity index is 714. The van der Waals surface area contributed by atoms with Gasteiger partial charge >= 0.3 is 5.97 Å². The predicted molar refractivity (Wildman–Crippen MR) is 105 cm³/mol. The zero-order valence-electron chi connectivity index (χ0n) is 15.4. The smallest absolute Gasteiger partial charge is 0.329 e. The van der Waals surface area contributed by atoms with Crippen molar-refractivity contribution in [3.05, 3.63) is 65.7 Å². The summed E-state index contributed by atoms with van der Waals surface area (Å²) >= 11 is 1.66. The summed E-state index contributed by atoms with van der Waals surface area (Å²) in [5.74, 6) is -0.646. The van der Waals surface area contributed by atoms with Crippen LogP contribution in [0.1, 0.15) is 25.0 Å². The van der Waals surface area contributed by atoms with Gasteiger partial charge in [0, 0.05) is 4.90 Å². The minimum absolute atomic E-state index is 0.0545. The summed E-state index contributed by atoms with van der Waals surface area (Å²) in [6.07, 6.45) is 2.26. The maximum absolute atomic E-state index is 12.4. The Hall–Kier alpha value is -2.27. The Morgan fingerprint density at radius 2 is 1.65 bits per heavy atom. The molecule has 1 N–H and O–H groups in total. The van der Waals surface area contributed by atoms with Gasteiger partial charge in [-0.2, -0.15) is 0 Å². The molecule has 0 aliphatic heterocycles. The Morgan fingerprint density at radius 1 is 1.00 bits per heavy atom. The van der Waals surface area contributed by atoms with Gasteiger partial charge in [-0.25, -0.2) is 4.79 Å². The van der Waals surface area contributed by atoms with Crippen LogP contribution in [-0.2, 0) is 27.4 Å². The second-order valence-corrected chi connectivity index (χ2v) is 7.29. The second kappa shape index (κ2) is 10.0. The first kappa shape index (κ1) is 20.0. The van der Waals surface area contributed by atoms with E-state index >= 15 is 0 Å². The molecule has 0 aliphatic rings. The fraction of sp³-hybridized carbons (Fsp3) is 0.333. The van der Waals surface area contributed by atoms with Gasteiger partial charge in [-0.05, 0) is 35.4 Å². The van der Waals surface area contributed by atoms with Crippen LogP contribution >= 0.6 is 11.8 Å². The summed E-state index contributed by atoms with van der Waals surface area (Å²) in [6.45, 7) is 3.98. The molecule has 138 valence electrons. The quantitative estimate of drug-likeness (QED) is 0.566. The molecule has 1 amide bonds. The van der Waals surface area contributed by atoms with E-state index in [4.69, 9.17) is 4.74 Å². The van der Waals surface area contributed by atoms with Crippen molar-refractivity contribution >= 4 is 23.6 Å². The summed E-state index contributed by atoms with van der Waals surface area (Å²) in [5, 5.41) is 2.80. The maximum atomic E-state index is 12.4. The number of hydrogen-bond donors (Lipinski definition) is 1. The average molecular weight is 372 g/mol. The molecule has 0 unspecified atom stereocenters. The van der Waals surface area contributed by atoms with Crippen LogP contribution in [0.4, 0.5) is 0 Å². The highest BCUT2D eigenvalue weighted by molar-refractivity contribution is 7.98. The second-order valence-electron chi connectivity index (χ2n) is 6.41. The van der Waals surface area contributed by atoms with Crippen molar-refractivity contribution in [3.8, 4) is 0 Å². The summed E-state index contributed by atoms with van der Waals surface area (Å²) in [4.78, 5) is 25.8. The number of carbonyl (C=O) groups excluding carboxylic acids is 2. The van der Waals surface area contributed by atoms with Crippen molar-refractivity contribution in [2.24, 2.45) is 5.92 Å². The number of nitrogens with one attached hydrogen (secondary N) is 1. The van der Waals surface area contributed by atoms with E-state index in [9.17, 15) is 9.59 Å².